The van der Waals surface area contributed by atoms with Crippen LogP contribution in [0, 0.1) is 5.82 Å². The van der Waals surface area contributed by atoms with Crippen LogP contribution in [0.1, 0.15) is 17.3 Å². The fourth-order valence-electron chi connectivity index (χ4n) is 1.83. The van der Waals surface area contributed by atoms with Crippen LogP contribution < -0.4 is 16.0 Å². The van der Waals surface area contributed by atoms with Gasteiger partial charge in [0.2, 0.25) is 0 Å². The highest BCUT2D eigenvalue weighted by Crippen LogP contribution is 2.30. The van der Waals surface area contributed by atoms with E-state index in [1.54, 1.807) is 30.5 Å². The number of ether oxygens (including phenoxy) is 1. The van der Waals surface area contributed by atoms with Crippen molar-refractivity contribution in [3.8, 4) is 5.75 Å². The van der Waals surface area contributed by atoms with Crippen LogP contribution in [-0.2, 0) is 0 Å². The molecule has 0 fully saturated rings. The van der Waals surface area contributed by atoms with E-state index in [1.807, 2.05) is 6.07 Å². The van der Waals surface area contributed by atoms with Gasteiger partial charge >= 0.3 is 0 Å². The van der Waals surface area contributed by atoms with E-state index in [1.165, 1.54) is 7.11 Å². The summed E-state index contributed by atoms with van der Waals surface area (Å²) in [5, 5.41) is 0. The summed E-state index contributed by atoms with van der Waals surface area (Å²) in [7, 11) is 1.42. The van der Waals surface area contributed by atoms with Crippen molar-refractivity contribution in [1.29, 1.82) is 0 Å². The number of rotatable bonds is 4. The highest BCUT2D eigenvalue weighted by molar-refractivity contribution is 9.10. The number of nitrogens with zero attached hydrogens (tertiary/aromatic N) is 1. The summed E-state index contributed by atoms with van der Waals surface area (Å²) >= 11 is 3.38. The number of hydrogen-bond donors (Lipinski definition) is 2. The van der Waals surface area contributed by atoms with Gasteiger partial charge in [-0.3, -0.25) is 10.8 Å². The Labute approximate surface area is 118 Å². The van der Waals surface area contributed by atoms with Gasteiger partial charge in [-0.05, 0) is 34.1 Å². The van der Waals surface area contributed by atoms with E-state index in [0.29, 0.717) is 11.3 Å². The first-order valence-electron chi connectivity index (χ1n) is 5.58. The number of halogens is 2. The van der Waals surface area contributed by atoms with Crippen molar-refractivity contribution in [2.24, 2.45) is 5.84 Å². The second-order valence-electron chi connectivity index (χ2n) is 3.83. The van der Waals surface area contributed by atoms with Crippen molar-refractivity contribution in [2.75, 3.05) is 7.11 Å². The van der Waals surface area contributed by atoms with Gasteiger partial charge in [-0.2, -0.15) is 0 Å². The summed E-state index contributed by atoms with van der Waals surface area (Å²) in [4.78, 5) is 4.23. The van der Waals surface area contributed by atoms with E-state index in [-0.39, 0.29) is 5.75 Å². The summed E-state index contributed by atoms with van der Waals surface area (Å²) in [6.07, 6.45) is 1.63. The topological polar surface area (TPSA) is 60.2 Å². The fraction of sp³-hybridized carbons (Fsp3) is 0.154. The molecular weight excluding hydrogens is 313 g/mol. The van der Waals surface area contributed by atoms with Gasteiger partial charge in [-0.1, -0.05) is 12.1 Å². The largest absolute Gasteiger partial charge is 0.494 e. The predicted octanol–water partition coefficient (Wildman–Crippen LogP) is 2.54. The van der Waals surface area contributed by atoms with Gasteiger partial charge in [0.05, 0.1) is 18.8 Å². The van der Waals surface area contributed by atoms with Crippen LogP contribution in [0.25, 0.3) is 0 Å². The smallest absolute Gasteiger partial charge is 0.170 e. The highest BCUT2D eigenvalue weighted by Gasteiger charge is 2.22. The minimum absolute atomic E-state index is 0.171. The number of methoxy groups -OCH3 is 1. The number of pyridine rings is 1. The minimum Gasteiger partial charge on any atom is -0.494 e. The zero-order valence-corrected chi connectivity index (χ0v) is 11.8. The Kier molecular flexibility index (Phi) is 4.47. The molecule has 0 aliphatic carbocycles. The summed E-state index contributed by atoms with van der Waals surface area (Å²) in [6.45, 7) is 0. The van der Waals surface area contributed by atoms with Gasteiger partial charge in [-0.25, -0.2) is 9.82 Å². The van der Waals surface area contributed by atoms with Crippen LogP contribution in [0.3, 0.4) is 0 Å². The lowest BCUT2D eigenvalue weighted by Crippen LogP contribution is -2.30. The molecule has 1 aromatic heterocycles. The predicted molar refractivity (Wildman–Crippen MR) is 74.1 cm³/mol. The molecule has 2 aromatic rings. The van der Waals surface area contributed by atoms with Gasteiger partial charge in [0, 0.05) is 16.2 Å². The number of nitrogens with two attached hydrogens (primary N) is 1. The van der Waals surface area contributed by atoms with E-state index >= 15 is 0 Å². The quantitative estimate of drug-likeness (QED) is 0.670. The Hall–Kier alpha value is -1.50. The van der Waals surface area contributed by atoms with E-state index < -0.39 is 11.9 Å². The van der Waals surface area contributed by atoms with E-state index in [0.717, 1.165) is 4.47 Å². The van der Waals surface area contributed by atoms with E-state index in [9.17, 15) is 4.39 Å². The van der Waals surface area contributed by atoms with Crippen molar-refractivity contribution < 1.29 is 9.13 Å². The van der Waals surface area contributed by atoms with Crippen LogP contribution in [0.2, 0.25) is 0 Å². The lowest BCUT2D eigenvalue weighted by atomic mass is 10.0. The Morgan fingerprint density at radius 3 is 2.79 bits per heavy atom. The van der Waals surface area contributed by atoms with E-state index in [4.69, 9.17) is 10.6 Å². The first-order chi connectivity index (χ1) is 9.19. The molecule has 0 aliphatic heterocycles. The van der Waals surface area contributed by atoms with Crippen molar-refractivity contribution in [1.82, 2.24) is 10.4 Å². The molecule has 0 amide bonds. The summed E-state index contributed by atoms with van der Waals surface area (Å²) in [5.41, 5.74) is 3.56. The zero-order chi connectivity index (χ0) is 13.8. The number of hydrazine groups is 1. The molecule has 2 rings (SSSR count). The zero-order valence-electron chi connectivity index (χ0n) is 10.2. The minimum atomic E-state index is -0.564. The molecule has 0 aliphatic rings. The molecule has 0 saturated heterocycles. The van der Waals surface area contributed by atoms with Crippen molar-refractivity contribution >= 4 is 15.9 Å². The Bertz CT molecular complexity index is 580. The number of benzene rings is 1. The van der Waals surface area contributed by atoms with E-state index in [2.05, 4.69) is 26.3 Å². The van der Waals surface area contributed by atoms with Crippen molar-refractivity contribution in [2.45, 2.75) is 6.04 Å². The molecule has 1 aromatic carbocycles. The first-order valence-corrected chi connectivity index (χ1v) is 6.37. The Morgan fingerprint density at radius 2 is 2.16 bits per heavy atom. The van der Waals surface area contributed by atoms with Gasteiger partial charge in [0.15, 0.2) is 11.6 Å². The third-order valence-corrected chi connectivity index (χ3v) is 3.42. The van der Waals surface area contributed by atoms with Crippen LogP contribution in [0.4, 0.5) is 4.39 Å². The maximum Gasteiger partial charge on any atom is 0.170 e. The summed E-state index contributed by atoms with van der Waals surface area (Å²) in [6, 6.07) is 7.95. The monoisotopic (exact) mass is 325 g/mol. The Balaban J connectivity index is 2.52. The van der Waals surface area contributed by atoms with Gasteiger partial charge in [0.1, 0.15) is 0 Å². The molecule has 6 heteroatoms. The molecule has 19 heavy (non-hydrogen) atoms. The van der Waals surface area contributed by atoms with Gasteiger partial charge in [-0.15, -0.1) is 0 Å². The molecule has 100 valence electrons. The van der Waals surface area contributed by atoms with Crippen LogP contribution in [0.15, 0.2) is 41.0 Å². The summed E-state index contributed by atoms with van der Waals surface area (Å²) in [5.74, 6) is 5.27. The summed E-state index contributed by atoms with van der Waals surface area (Å²) < 4.78 is 20.0. The SMILES string of the molecule is COc1cccc(C(NN)c2ncccc2Br)c1F. The molecule has 0 saturated carbocycles. The molecule has 1 atom stereocenters. The Morgan fingerprint density at radius 1 is 1.37 bits per heavy atom. The normalized spacial score (nSPS) is 12.2. The average molecular weight is 326 g/mol. The number of hydrogen-bond acceptors (Lipinski definition) is 4. The second-order valence-corrected chi connectivity index (χ2v) is 4.69. The standard InChI is InChI=1S/C13H13BrFN3O/c1-19-10-6-2-4-8(11(10)15)12(18-16)13-9(14)5-3-7-17-13/h2-7,12,18H,16H2,1H3. The molecule has 3 N–H and O–H groups in total. The van der Waals surface area contributed by atoms with Gasteiger partial charge < -0.3 is 4.74 Å². The third-order valence-electron chi connectivity index (χ3n) is 2.75. The molecule has 1 unspecified atom stereocenters. The molecule has 1 heterocycles. The van der Waals surface area contributed by atoms with Crippen LogP contribution in [-0.4, -0.2) is 12.1 Å². The van der Waals surface area contributed by atoms with Crippen LogP contribution >= 0.6 is 15.9 Å². The third kappa shape index (κ3) is 2.75. The first kappa shape index (κ1) is 13.9. The maximum atomic E-state index is 14.3. The fourth-order valence-corrected chi connectivity index (χ4v) is 2.32. The highest BCUT2D eigenvalue weighted by atomic mass is 79.9. The van der Waals surface area contributed by atoms with Gasteiger partial charge in [0.25, 0.3) is 0 Å². The van der Waals surface area contributed by atoms with Crippen molar-refractivity contribution in [3.63, 3.8) is 0 Å². The molecule has 4 nitrogen and oxygen atoms in total. The lowest BCUT2D eigenvalue weighted by molar-refractivity contribution is 0.381. The molecular formula is C13H13BrFN3O. The number of nitrogens with one attached hydrogen (secondary N) is 1. The average Bonchev–Trinajstić information content (AvgIpc) is 2.43. The molecule has 0 radical (unpaired) electrons. The van der Waals surface area contributed by atoms with Crippen LogP contribution in [0.5, 0.6) is 5.75 Å². The molecule has 0 bridgehead atoms. The van der Waals surface area contributed by atoms with Crippen molar-refractivity contribution in [3.05, 3.63) is 58.1 Å². The molecule has 0 spiro atoms. The maximum absolute atomic E-state index is 14.3. The number of aromatic nitrogens is 1. The lowest BCUT2D eigenvalue weighted by Gasteiger charge is -2.18. The second kappa shape index (κ2) is 6.10.